The molecule has 2 rings (SSSR count). The Kier molecular flexibility index (Phi) is 5.35. The molecule has 0 atom stereocenters. The van der Waals surface area contributed by atoms with Gasteiger partial charge >= 0.3 is 0 Å². The fourth-order valence-electron chi connectivity index (χ4n) is 1.71. The first-order valence-corrected chi connectivity index (χ1v) is 7.36. The Morgan fingerprint density at radius 1 is 1.23 bits per heavy atom. The van der Waals surface area contributed by atoms with Crippen molar-refractivity contribution in [2.24, 2.45) is 0 Å². The smallest absolute Gasteiger partial charge is 0.292 e. The number of amides is 1. The molecule has 22 heavy (non-hydrogen) atoms. The summed E-state index contributed by atoms with van der Waals surface area (Å²) in [5, 5.41) is 16.6. The second-order valence-electron chi connectivity index (χ2n) is 4.33. The monoisotopic (exact) mass is 383 g/mol. The topological polar surface area (TPSA) is 84.3 Å². The van der Waals surface area contributed by atoms with Crippen molar-refractivity contribution in [1.29, 1.82) is 0 Å². The van der Waals surface area contributed by atoms with Gasteiger partial charge in [0, 0.05) is 21.2 Å². The van der Waals surface area contributed by atoms with E-state index >= 15 is 0 Å². The van der Waals surface area contributed by atoms with Gasteiger partial charge in [-0.1, -0.05) is 27.5 Å². The predicted molar refractivity (Wildman–Crippen MR) is 89.4 cm³/mol. The maximum Gasteiger partial charge on any atom is 0.292 e. The Balaban J connectivity index is 2.01. The average molecular weight is 385 g/mol. The van der Waals surface area contributed by atoms with E-state index in [4.69, 9.17) is 11.6 Å². The number of carbonyl (C=O) groups excluding carboxylic acids is 1. The van der Waals surface area contributed by atoms with Gasteiger partial charge in [-0.3, -0.25) is 14.9 Å². The Morgan fingerprint density at radius 2 is 1.91 bits per heavy atom. The van der Waals surface area contributed by atoms with E-state index in [0.717, 1.165) is 10.2 Å². The van der Waals surface area contributed by atoms with Crippen molar-refractivity contribution in [2.45, 2.75) is 0 Å². The van der Waals surface area contributed by atoms with Crippen LogP contribution in [-0.2, 0) is 4.79 Å². The van der Waals surface area contributed by atoms with Gasteiger partial charge in [-0.05, 0) is 36.4 Å². The number of nitro groups is 1. The summed E-state index contributed by atoms with van der Waals surface area (Å²) in [5.41, 5.74) is 0.625. The Labute approximate surface area is 139 Å². The quantitative estimate of drug-likeness (QED) is 0.601. The van der Waals surface area contributed by atoms with Gasteiger partial charge < -0.3 is 10.6 Å². The van der Waals surface area contributed by atoms with Gasteiger partial charge in [-0.15, -0.1) is 0 Å². The minimum absolute atomic E-state index is 0.0225. The molecule has 0 aliphatic rings. The zero-order valence-corrected chi connectivity index (χ0v) is 13.5. The predicted octanol–water partition coefficient (Wildman–Crippen LogP) is 4.06. The summed E-state index contributed by atoms with van der Waals surface area (Å²) in [6, 6.07) is 11.3. The minimum Gasteiger partial charge on any atom is -0.376 e. The van der Waals surface area contributed by atoms with Gasteiger partial charge in [0.25, 0.3) is 5.69 Å². The van der Waals surface area contributed by atoms with Gasteiger partial charge in [-0.25, -0.2) is 0 Å². The molecule has 2 aromatic carbocycles. The van der Waals surface area contributed by atoms with Gasteiger partial charge in [0.2, 0.25) is 5.91 Å². The third-order valence-electron chi connectivity index (χ3n) is 2.73. The van der Waals surface area contributed by atoms with Crippen LogP contribution in [-0.4, -0.2) is 17.4 Å². The molecule has 0 aliphatic carbocycles. The summed E-state index contributed by atoms with van der Waals surface area (Å²) in [4.78, 5) is 22.2. The maximum atomic E-state index is 11.9. The molecule has 0 aliphatic heterocycles. The van der Waals surface area contributed by atoms with E-state index in [-0.39, 0.29) is 17.9 Å². The summed E-state index contributed by atoms with van der Waals surface area (Å²) in [5.74, 6) is -0.409. The van der Waals surface area contributed by atoms with Gasteiger partial charge in [0.1, 0.15) is 5.69 Å². The van der Waals surface area contributed by atoms with Crippen molar-refractivity contribution in [3.63, 3.8) is 0 Å². The van der Waals surface area contributed by atoms with Crippen molar-refractivity contribution in [3.05, 3.63) is 62.1 Å². The largest absolute Gasteiger partial charge is 0.376 e. The highest BCUT2D eigenvalue weighted by Gasteiger charge is 2.16. The molecule has 1 amide bonds. The number of halogens is 2. The van der Waals surface area contributed by atoms with E-state index in [2.05, 4.69) is 26.6 Å². The van der Waals surface area contributed by atoms with Crippen molar-refractivity contribution < 1.29 is 9.72 Å². The summed E-state index contributed by atoms with van der Waals surface area (Å²) in [6.45, 7) is -0.0225. The Hall–Kier alpha value is -2.12. The number of hydrogen-bond donors (Lipinski definition) is 2. The number of carbonyl (C=O) groups is 1. The summed E-state index contributed by atoms with van der Waals surface area (Å²) in [7, 11) is 0. The first-order chi connectivity index (χ1) is 10.5. The fourth-order valence-corrected chi connectivity index (χ4v) is 2.15. The summed E-state index contributed by atoms with van der Waals surface area (Å²) in [6.07, 6.45) is 0. The molecule has 6 nitrogen and oxygen atoms in total. The average Bonchev–Trinajstić information content (AvgIpc) is 2.46. The van der Waals surface area contributed by atoms with Crippen LogP contribution in [0, 0.1) is 10.1 Å². The van der Waals surface area contributed by atoms with Crippen LogP contribution in [0.15, 0.2) is 46.9 Å². The third-order valence-corrected chi connectivity index (χ3v) is 3.49. The lowest BCUT2D eigenvalue weighted by Crippen LogP contribution is -2.22. The third kappa shape index (κ3) is 4.44. The zero-order chi connectivity index (χ0) is 16.1. The van der Waals surface area contributed by atoms with Crippen LogP contribution in [0.5, 0.6) is 0 Å². The van der Waals surface area contributed by atoms with Crippen LogP contribution < -0.4 is 10.6 Å². The van der Waals surface area contributed by atoms with Crippen LogP contribution in [0.2, 0.25) is 5.02 Å². The first kappa shape index (κ1) is 16.3. The minimum atomic E-state index is -0.575. The molecule has 0 spiro atoms. The van der Waals surface area contributed by atoms with Crippen LogP contribution >= 0.6 is 27.5 Å². The highest BCUT2D eigenvalue weighted by Crippen LogP contribution is 2.27. The number of nitro benzene ring substituents is 1. The number of nitrogens with one attached hydrogen (secondary N) is 2. The fraction of sp³-hybridized carbons (Fsp3) is 0.0714. The van der Waals surface area contributed by atoms with Gasteiger partial charge in [-0.2, -0.15) is 0 Å². The standard InChI is InChI=1S/C14H11BrClN3O3/c15-9-1-4-11(5-2-9)17-8-14(20)18-12-7-10(16)3-6-13(12)19(21)22/h1-7,17H,8H2,(H,18,20). The van der Waals surface area contributed by atoms with Crippen LogP contribution in [0.25, 0.3) is 0 Å². The highest BCUT2D eigenvalue weighted by atomic mass is 79.9. The van der Waals surface area contributed by atoms with E-state index < -0.39 is 10.8 Å². The molecule has 2 N–H and O–H groups in total. The van der Waals surface area contributed by atoms with Crippen molar-refractivity contribution in [2.75, 3.05) is 17.2 Å². The summed E-state index contributed by atoms with van der Waals surface area (Å²) >= 11 is 9.11. The zero-order valence-electron chi connectivity index (χ0n) is 11.2. The van der Waals surface area contributed by atoms with Crippen LogP contribution in [0.3, 0.4) is 0 Å². The maximum absolute atomic E-state index is 11.9. The molecule has 0 unspecified atom stereocenters. The number of anilines is 2. The molecule has 0 fully saturated rings. The molecule has 2 aromatic rings. The highest BCUT2D eigenvalue weighted by molar-refractivity contribution is 9.10. The molecular weight excluding hydrogens is 374 g/mol. The van der Waals surface area contributed by atoms with Gasteiger partial charge in [0.15, 0.2) is 0 Å². The number of nitrogens with zero attached hydrogens (tertiary/aromatic N) is 1. The SMILES string of the molecule is O=C(CNc1ccc(Br)cc1)Nc1cc(Cl)ccc1[N+](=O)[O-]. The second kappa shape index (κ2) is 7.24. The van der Waals surface area contributed by atoms with E-state index in [1.807, 2.05) is 12.1 Å². The van der Waals surface area contributed by atoms with E-state index in [1.165, 1.54) is 18.2 Å². The van der Waals surface area contributed by atoms with Crippen molar-refractivity contribution >= 4 is 50.5 Å². The lowest BCUT2D eigenvalue weighted by molar-refractivity contribution is -0.383. The van der Waals surface area contributed by atoms with Crippen molar-refractivity contribution in [3.8, 4) is 0 Å². The van der Waals surface area contributed by atoms with E-state index in [1.54, 1.807) is 12.1 Å². The molecule has 0 aromatic heterocycles. The number of hydrogen-bond acceptors (Lipinski definition) is 4. The second-order valence-corrected chi connectivity index (χ2v) is 5.68. The normalized spacial score (nSPS) is 10.1. The Morgan fingerprint density at radius 3 is 2.55 bits per heavy atom. The molecule has 0 radical (unpaired) electrons. The van der Waals surface area contributed by atoms with Crippen LogP contribution in [0.4, 0.5) is 17.1 Å². The lowest BCUT2D eigenvalue weighted by Gasteiger charge is -2.08. The van der Waals surface area contributed by atoms with Crippen LogP contribution in [0.1, 0.15) is 0 Å². The Bertz CT molecular complexity index is 707. The van der Waals surface area contributed by atoms with E-state index in [0.29, 0.717) is 5.02 Å². The first-order valence-electron chi connectivity index (χ1n) is 6.19. The molecule has 114 valence electrons. The van der Waals surface area contributed by atoms with Crippen molar-refractivity contribution in [1.82, 2.24) is 0 Å². The number of rotatable bonds is 5. The lowest BCUT2D eigenvalue weighted by atomic mass is 10.2. The molecule has 0 heterocycles. The van der Waals surface area contributed by atoms with E-state index in [9.17, 15) is 14.9 Å². The molecule has 8 heteroatoms. The molecular formula is C14H11BrClN3O3. The molecule has 0 saturated heterocycles. The summed E-state index contributed by atoms with van der Waals surface area (Å²) < 4.78 is 0.928. The molecule has 0 saturated carbocycles. The molecule has 0 bridgehead atoms. The van der Waals surface area contributed by atoms with Gasteiger partial charge in [0.05, 0.1) is 11.5 Å². The number of benzene rings is 2.